The Balaban J connectivity index is 1.74. The molecule has 0 saturated carbocycles. The third-order valence-corrected chi connectivity index (χ3v) is 6.61. The molecule has 1 aliphatic heterocycles. The zero-order valence-corrected chi connectivity index (χ0v) is 16.8. The number of aromatic nitrogens is 3. The van der Waals surface area contributed by atoms with Crippen LogP contribution in [0.5, 0.6) is 11.6 Å². The molecule has 1 aliphatic rings. The topological polar surface area (TPSA) is 68.5 Å². The Kier molecular flexibility index (Phi) is 5.03. The molecule has 7 nitrogen and oxygen atoms in total. The maximum Gasteiger partial charge on any atom is 0.235 e. The predicted molar refractivity (Wildman–Crippen MR) is 104 cm³/mol. The van der Waals surface area contributed by atoms with Gasteiger partial charge in [0, 0.05) is 5.56 Å². The number of nitrogens with one attached hydrogen (secondary N) is 2. The van der Waals surface area contributed by atoms with E-state index in [0.717, 1.165) is 41.8 Å². The summed E-state index contributed by atoms with van der Waals surface area (Å²) in [4.78, 5) is 9.26. The molecule has 0 radical (unpaired) electrons. The van der Waals surface area contributed by atoms with Gasteiger partial charge in [0.15, 0.2) is 6.04 Å². The maximum absolute atomic E-state index is 10.9. The second-order valence-electron chi connectivity index (χ2n) is 7.11. The van der Waals surface area contributed by atoms with E-state index < -0.39 is 0 Å². The van der Waals surface area contributed by atoms with Gasteiger partial charge in [0.25, 0.3) is 0 Å². The summed E-state index contributed by atoms with van der Waals surface area (Å²) in [7, 11) is 1.68. The van der Waals surface area contributed by atoms with Crippen molar-refractivity contribution < 1.29 is 19.6 Å². The molecule has 0 bridgehead atoms. The van der Waals surface area contributed by atoms with Crippen LogP contribution in [0.25, 0.3) is 4.96 Å². The monoisotopic (exact) mass is 389 g/mol. The van der Waals surface area contributed by atoms with Gasteiger partial charge in [-0.25, -0.2) is 4.98 Å². The van der Waals surface area contributed by atoms with Gasteiger partial charge in [-0.05, 0) is 38.1 Å². The fourth-order valence-corrected chi connectivity index (χ4v) is 5.16. The number of piperazine rings is 1. The van der Waals surface area contributed by atoms with Crippen LogP contribution >= 0.6 is 11.3 Å². The highest BCUT2D eigenvalue weighted by Gasteiger charge is 2.35. The lowest BCUT2D eigenvalue weighted by Crippen LogP contribution is -3.28. The second kappa shape index (κ2) is 7.46. The Labute approximate surface area is 162 Å². The number of ether oxygens (including phenoxy) is 1. The van der Waals surface area contributed by atoms with E-state index in [-0.39, 0.29) is 11.9 Å². The predicted octanol–water partition coefficient (Wildman–Crippen LogP) is -0.294. The van der Waals surface area contributed by atoms with E-state index in [0.29, 0.717) is 5.82 Å². The molecule has 0 amide bonds. The first-order valence-corrected chi connectivity index (χ1v) is 10.3. The van der Waals surface area contributed by atoms with Gasteiger partial charge in [-0.15, -0.1) is 5.10 Å². The summed E-state index contributed by atoms with van der Waals surface area (Å²) >= 11 is 1.54. The van der Waals surface area contributed by atoms with Crippen LogP contribution in [0.1, 0.15) is 29.2 Å². The highest BCUT2D eigenvalue weighted by atomic mass is 32.1. The summed E-state index contributed by atoms with van der Waals surface area (Å²) in [5, 5.41) is 15.2. The molecular weight excluding hydrogens is 362 g/mol. The lowest BCUT2D eigenvalue weighted by molar-refractivity contribution is -1.02. The summed E-state index contributed by atoms with van der Waals surface area (Å²) in [6.45, 7) is 9.71. The Morgan fingerprint density at radius 2 is 1.93 bits per heavy atom. The van der Waals surface area contributed by atoms with Crippen molar-refractivity contribution in [3.05, 3.63) is 40.5 Å². The van der Waals surface area contributed by atoms with E-state index in [9.17, 15) is 5.11 Å². The summed E-state index contributed by atoms with van der Waals surface area (Å²) in [5.74, 6) is 1.74. The van der Waals surface area contributed by atoms with Gasteiger partial charge < -0.3 is 19.6 Å². The number of quaternary nitrogens is 2. The van der Waals surface area contributed by atoms with Crippen LogP contribution in [0, 0.1) is 6.92 Å². The SMILES string of the molecule is CC[NH+]1CC[NH+]([C@@H](c2ccc(OC)cc2)c2sc3nc(C)nn3c2O)CC1. The van der Waals surface area contributed by atoms with E-state index in [1.165, 1.54) is 28.3 Å². The first kappa shape index (κ1) is 18.2. The molecule has 27 heavy (non-hydrogen) atoms. The number of aryl methyl sites for hydroxylation is 1. The van der Waals surface area contributed by atoms with Crippen LogP contribution in [-0.4, -0.2) is 59.5 Å². The molecule has 0 unspecified atom stereocenters. The number of methoxy groups -OCH3 is 1. The van der Waals surface area contributed by atoms with Crippen molar-refractivity contribution in [3.63, 3.8) is 0 Å². The number of hydrogen-bond donors (Lipinski definition) is 3. The van der Waals surface area contributed by atoms with Crippen LogP contribution < -0.4 is 14.5 Å². The van der Waals surface area contributed by atoms with Crippen molar-refractivity contribution in [2.45, 2.75) is 19.9 Å². The largest absolute Gasteiger partial charge is 0.497 e. The Bertz CT molecular complexity index is 912. The van der Waals surface area contributed by atoms with E-state index in [2.05, 4.69) is 29.1 Å². The summed E-state index contributed by atoms with van der Waals surface area (Å²) in [6.07, 6.45) is 0. The summed E-state index contributed by atoms with van der Waals surface area (Å²) in [5.41, 5.74) is 1.18. The number of thiazole rings is 1. The number of aromatic hydroxyl groups is 1. The average Bonchev–Trinajstić information content (AvgIpc) is 3.20. The highest BCUT2D eigenvalue weighted by molar-refractivity contribution is 7.17. The average molecular weight is 390 g/mol. The fraction of sp³-hybridized carbons (Fsp3) is 0.474. The zero-order chi connectivity index (χ0) is 19.0. The maximum atomic E-state index is 10.9. The third kappa shape index (κ3) is 3.40. The van der Waals surface area contributed by atoms with Crippen LogP contribution in [0.15, 0.2) is 24.3 Å². The molecule has 3 heterocycles. The Morgan fingerprint density at radius 3 is 2.52 bits per heavy atom. The molecule has 4 rings (SSSR count). The first-order valence-electron chi connectivity index (χ1n) is 9.47. The van der Waals surface area contributed by atoms with Crippen molar-refractivity contribution in [1.29, 1.82) is 0 Å². The number of hydrogen-bond acceptors (Lipinski definition) is 5. The molecule has 2 aromatic heterocycles. The van der Waals surface area contributed by atoms with Gasteiger partial charge >= 0.3 is 0 Å². The minimum atomic E-state index is 0.0723. The molecule has 0 spiro atoms. The van der Waals surface area contributed by atoms with Crippen LogP contribution in [0.2, 0.25) is 0 Å². The number of benzene rings is 1. The number of fused-ring (bicyclic) bond motifs is 1. The molecule has 144 valence electrons. The fourth-order valence-electron chi connectivity index (χ4n) is 3.97. The number of likely N-dealkylation sites (N-methyl/N-ethyl adjacent to an activating group) is 1. The summed E-state index contributed by atoms with van der Waals surface area (Å²) < 4.78 is 6.89. The molecular formula is C19H27N5O2S+2. The van der Waals surface area contributed by atoms with Gasteiger partial charge in [-0.3, -0.25) is 0 Å². The normalized spacial score (nSPS) is 21.4. The molecule has 1 saturated heterocycles. The van der Waals surface area contributed by atoms with E-state index in [4.69, 9.17) is 4.74 Å². The van der Waals surface area contributed by atoms with Crippen molar-refractivity contribution in [2.75, 3.05) is 39.8 Å². The minimum absolute atomic E-state index is 0.0723. The minimum Gasteiger partial charge on any atom is -0.497 e. The second-order valence-corrected chi connectivity index (χ2v) is 8.12. The molecule has 3 aromatic rings. The Hall–Kier alpha value is -2.16. The summed E-state index contributed by atoms with van der Waals surface area (Å²) in [6, 6.07) is 8.27. The van der Waals surface area contributed by atoms with Gasteiger partial charge in [0.2, 0.25) is 10.8 Å². The van der Waals surface area contributed by atoms with Gasteiger partial charge in [0.05, 0.1) is 13.7 Å². The van der Waals surface area contributed by atoms with Crippen LogP contribution in [0.3, 0.4) is 0 Å². The molecule has 1 atom stereocenters. The van der Waals surface area contributed by atoms with Crippen molar-refractivity contribution in [1.82, 2.24) is 14.6 Å². The van der Waals surface area contributed by atoms with Crippen molar-refractivity contribution in [3.8, 4) is 11.6 Å². The number of nitrogens with zero attached hydrogens (tertiary/aromatic N) is 3. The highest BCUT2D eigenvalue weighted by Crippen LogP contribution is 2.35. The van der Waals surface area contributed by atoms with Crippen LogP contribution in [-0.2, 0) is 0 Å². The van der Waals surface area contributed by atoms with E-state index in [1.54, 1.807) is 16.5 Å². The molecule has 1 fully saturated rings. The molecule has 3 N–H and O–H groups in total. The number of rotatable bonds is 5. The van der Waals surface area contributed by atoms with Crippen molar-refractivity contribution >= 4 is 16.3 Å². The van der Waals surface area contributed by atoms with Crippen LogP contribution in [0.4, 0.5) is 0 Å². The zero-order valence-electron chi connectivity index (χ0n) is 16.0. The van der Waals surface area contributed by atoms with E-state index in [1.807, 2.05) is 19.1 Å². The molecule has 1 aromatic carbocycles. The quantitative estimate of drug-likeness (QED) is 0.561. The van der Waals surface area contributed by atoms with Gasteiger partial charge in [-0.1, -0.05) is 11.3 Å². The van der Waals surface area contributed by atoms with Gasteiger partial charge in [-0.2, -0.15) is 4.52 Å². The first-order chi connectivity index (χ1) is 13.1. The smallest absolute Gasteiger partial charge is 0.235 e. The van der Waals surface area contributed by atoms with E-state index >= 15 is 0 Å². The lowest BCUT2D eigenvalue weighted by atomic mass is 10.0. The standard InChI is InChI=1S/C19H25N5O2S/c1-4-22-9-11-23(12-10-22)16(14-5-7-15(26-3)8-6-14)17-18(25)24-19(27-17)20-13(2)21-24/h5-8,16,25H,4,9-12H2,1-3H3/p+2/t16-/m0/s1. The Morgan fingerprint density at radius 1 is 1.22 bits per heavy atom. The molecule has 0 aliphatic carbocycles. The molecule has 8 heteroatoms. The third-order valence-electron chi connectivity index (χ3n) is 5.52. The van der Waals surface area contributed by atoms with Crippen molar-refractivity contribution in [2.24, 2.45) is 0 Å². The lowest BCUT2D eigenvalue weighted by Gasteiger charge is -2.34. The van der Waals surface area contributed by atoms with Gasteiger partial charge in [0.1, 0.15) is 42.6 Å².